The molecule has 0 radical (unpaired) electrons. The number of rotatable bonds is 11. The molecule has 0 aromatic carbocycles. The quantitative estimate of drug-likeness (QED) is 0.226. The minimum absolute atomic E-state index is 0.0541. The zero-order valence-electron chi connectivity index (χ0n) is 20.1. The molecule has 36 heavy (non-hydrogen) atoms. The summed E-state index contributed by atoms with van der Waals surface area (Å²) in [5, 5.41) is 27.5. The lowest BCUT2D eigenvalue weighted by atomic mass is 10.1. The minimum Gasteiger partial charge on any atom is -0.478 e. The third-order valence-electron chi connectivity index (χ3n) is 4.03. The van der Waals surface area contributed by atoms with Gasteiger partial charge < -0.3 is 39.7 Å². The zero-order valence-corrected chi connectivity index (χ0v) is 20.9. The average Bonchev–Trinajstić information content (AvgIpc) is 3.27. The van der Waals surface area contributed by atoms with Crippen molar-refractivity contribution < 1.29 is 48.7 Å². The number of anilines is 1. The molecule has 1 aliphatic rings. The van der Waals surface area contributed by atoms with Crippen molar-refractivity contribution in [3.05, 3.63) is 24.3 Å². The van der Waals surface area contributed by atoms with E-state index < -0.39 is 30.0 Å². The first-order chi connectivity index (χ1) is 16.9. The van der Waals surface area contributed by atoms with Crippen LogP contribution >= 0.6 is 11.7 Å². The van der Waals surface area contributed by atoms with Crippen LogP contribution in [0, 0.1) is 0 Å². The number of hydrogen-bond acceptors (Lipinski definition) is 12. The number of aromatic nitrogens is 2. The van der Waals surface area contributed by atoms with E-state index in [9.17, 15) is 19.2 Å². The van der Waals surface area contributed by atoms with Crippen molar-refractivity contribution in [2.45, 2.75) is 32.4 Å². The van der Waals surface area contributed by atoms with E-state index in [2.05, 4.69) is 14.1 Å². The van der Waals surface area contributed by atoms with Gasteiger partial charge in [0.25, 0.3) is 5.88 Å². The fourth-order valence-corrected chi connectivity index (χ4v) is 2.97. The van der Waals surface area contributed by atoms with E-state index in [0.717, 1.165) is 23.9 Å². The van der Waals surface area contributed by atoms with Gasteiger partial charge in [-0.1, -0.05) is 0 Å². The van der Waals surface area contributed by atoms with Crippen LogP contribution in [-0.4, -0.2) is 99.0 Å². The fourth-order valence-electron chi connectivity index (χ4n) is 2.45. The topological polar surface area (TPSA) is 198 Å². The van der Waals surface area contributed by atoms with Gasteiger partial charge >= 0.3 is 23.9 Å². The lowest BCUT2D eigenvalue weighted by Gasteiger charge is -2.27. The number of carbonyl (C=O) groups is 4. The van der Waals surface area contributed by atoms with Gasteiger partial charge in [0.05, 0.1) is 24.9 Å². The molecule has 0 spiro atoms. The fraction of sp³-hybridized carbons (Fsp3) is 0.524. The van der Waals surface area contributed by atoms with Crippen LogP contribution in [0.15, 0.2) is 24.3 Å². The molecule has 0 aliphatic carbocycles. The number of morpholine rings is 1. The number of carboxylic acid groups (broad SMARTS) is 3. The molecule has 1 aliphatic heterocycles. The summed E-state index contributed by atoms with van der Waals surface area (Å²) in [5.41, 5.74) is -0.192. The van der Waals surface area contributed by atoms with Gasteiger partial charge in [0.1, 0.15) is 12.7 Å². The zero-order chi connectivity index (χ0) is 27.1. The lowest BCUT2D eigenvalue weighted by Crippen LogP contribution is -2.44. The van der Waals surface area contributed by atoms with Gasteiger partial charge in [0.15, 0.2) is 0 Å². The van der Waals surface area contributed by atoms with Crippen molar-refractivity contribution in [3.63, 3.8) is 0 Å². The molecule has 200 valence electrons. The van der Waals surface area contributed by atoms with Gasteiger partial charge in [-0.2, -0.15) is 4.37 Å². The molecule has 15 heteroatoms. The third kappa shape index (κ3) is 14.0. The van der Waals surface area contributed by atoms with Crippen LogP contribution in [0.4, 0.5) is 5.82 Å². The summed E-state index contributed by atoms with van der Waals surface area (Å²) in [5.74, 6) is -3.46. The first-order valence-electron chi connectivity index (χ1n) is 10.7. The van der Waals surface area contributed by atoms with Crippen LogP contribution in [0.5, 0.6) is 5.88 Å². The maximum absolute atomic E-state index is 11.9. The van der Waals surface area contributed by atoms with Crippen molar-refractivity contribution >= 4 is 41.4 Å². The van der Waals surface area contributed by atoms with Crippen LogP contribution in [-0.2, 0) is 28.7 Å². The third-order valence-corrected chi connectivity index (χ3v) is 4.53. The molecular weight excluding hydrogens is 500 g/mol. The van der Waals surface area contributed by atoms with Crippen molar-refractivity contribution in [2.75, 3.05) is 44.4 Å². The second kappa shape index (κ2) is 15.4. The highest BCUT2D eigenvalue weighted by molar-refractivity contribution is 6.99. The SMILES string of the molecule is CC(C)(C)NC[C@@H](COc1nsnc1N1CCOCC1)OC(=O)/C=C\C(=O)O.O=C(O)/C=C\C(=O)O. The summed E-state index contributed by atoms with van der Waals surface area (Å²) in [7, 11) is 0. The van der Waals surface area contributed by atoms with Crippen LogP contribution in [0.3, 0.4) is 0 Å². The van der Waals surface area contributed by atoms with Gasteiger partial charge in [0, 0.05) is 49.5 Å². The summed E-state index contributed by atoms with van der Waals surface area (Å²) >= 11 is 1.05. The molecule has 0 unspecified atom stereocenters. The second-order valence-electron chi connectivity index (χ2n) is 8.17. The molecule has 14 nitrogen and oxygen atoms in total. The number of esters is 1. The van der Waals surface area contributed by atoms with Crippen LogP contribution in [0.25, 0.3) is 0 Å². The molecule has 0 bridgehead atoms. The lowest BCUT2D eigenvalue weighted by molar-refractivity contribution is -0.145. The summed E-state index contributed by atoms with van der Waals surface area (Å²) in [6, 6.07) is 0. The predicted octanol–water partition coefficient (Wildman–Crippen LogP) is 0.406. The van der Waals surface area contributed by atoms with Crippen molar-refractivity contribution in [2.24, 2.45) is 0 Å². The highest BCUT2D eigenvalue weighted by atomic mass is 32.1. The van der Waals surface area contributed by atoms with Crippen molar-refractivity contribution in [1.29, 1.82) is 0 Å². The van der Waals surface area contributed by atoms with E-state index in [1.54, 1.807) is 0 Å². The Bertz CT molecular complexity index is 919. The van der Waals surface area contributed by atoms with Gasteiger partial charge in [-0.05, 0) is 20.8 Å². The van der Waals surface area contributed by atoms with Gasteiger partial charge in [-0.15, -0.1) is 4.37 Å². The average molecular weight is 531 g/mol. The molecule has 2 rings (SSSR count). The normalized spacial score (nSPS) is 14.7. The number of nitrogens with one attached hydrogen (secondary N) is 1. The van der Waals surface area contributed by atoms with Gasteiger partial charge in [-0.25, -0.2) is 19.2 Å². The summed E-state index contributed by atoms with van der Waals surface area (Å²) < 4.78 is 24.9. The number of aliphatic carboxylic acids is 3. The highest BCUT2D eigenvalue weighted by Crippen LogP contribution is 2.26. The molecule has 1 aromatic heterocycles. The first-order valence-corrected chi connectivity index (χ1v) is 11.4. The summed E-state index contributed by atoms with van der Waals surface area (Å²) in [6.45, 7) is 8.97. The van der Waals surface area contributed by atoms with Crippen LogP contribution in [0.1, 0.15) is 20.8 Å². The maximum atomic E-state index is 11.9. The Hall–Kier alpha value is -3.56. The van der Waals surface area contributed by atoms with E-state index in [1.165, 1.54) is 0 Å². The molecule has 1 atom stereocenters. The van der Waals surface area contributed by atoms with E-state index in [4.69, 9.17) is 29.5 Å². The molecule has 4 N–H and O–H groups in total. The number of carboxylic acids is 3. The smallest absolute Gasteiger partial charge is 0.331 e. The Morgan fingerprint density at radius 2 is 1.58 bits per heavy atom. The van der Waals surface area contributed by atoms with E-state index in [-0.39, 0.29) is 12.1 Å². The summed E-state index contributed by atoms with van der Waals surface area (Å²) in [6.07, 6.45) is 2.09. The summed E-state index contributed by atoms with van der Waals surface area (Å²) in [4.78, 5) is 43.6. The minimum atomic E-state index is -1.26. The number of ether oxygens (including phenoxy) is 3. The molecule has 1 aromatic rings. The van der Waals surface area contributed by atoms with Crippen LogP contribution < -0.4 is 15.0 Å². The number of hydrogen-bond donors (Lipinski definition) is 4. The Kier molecular flexibility index (Phi) is 13.1. The highest BCUT2D eigenvalue weighted by Gasteiger charge is 2.23. The van der Waals surface area contributed by atoms with E-state index >= 15 is 0 Å². The van der Waals surface area contributed by atoms with E-state index in [1.807, 2.05) is 25.7 Å². The standard InChI is InChI=1S/C17H26N4O6S.C4H4O4/c1-17(2,3)18-10-12(27-14(24)5-4-13(22)23)11-26-16-15(19-28-20-16)21-6-8-25-9-7-21;5-3(6)1-2-4(7)8/h4-5,12,18H,6-11H2,1-3H3,(H,22,23);1-2H,(H,5,6)(H,7,8)/b5-4-;2-1-/t12-;/m0./s1. The van der Waals surface area contributed by atoms with Crippen LogP contribution in [0.2, 0.25) is 0 Å². The Morgan fingerprint density at radius 3 is 2.11 bits per heavy atom. The Labute approximate surface area is 211 Å². The maximum Gasteiger partial charge on any atom is 0.331 e. The number of carbonyl (C=O) groups excluding carboxylic acids is 1. The Balaban J connectivity index is 0.000000697. The molecule has 0 amide bonds. The van der Waals surface area contributed by atoms with Crippen molar-refractivity contribution in [1.82, 2.24) is 14.1 Å². The predicted molar refractivity (Wildman–Crippen MR) is 127 cm³/mol. The molecule has 1 saturated heterocycles. The van der Waals surface area contributed by atoms with Crippen molar-refractivity contribution in [3.8, 4) is 5.88 Å². The molecule has 2 heterocycles. The van der Waals surface area contributed by atoms with Gasteiger partial charge in [0.2, 0.25) is 5.82 Å². The van der Waals surface area contributed by atoms with E-state index in [0.29, 0.717) is 56.7 Å². The monoisotopic (exact) mass is 530 g/mol. The molecule has 1 fully saturated rings. The first kappa shape index (κ1) is 30.5. The second-order valence-corrected chi connectivity index (χ2v) is 8.70. The van der Waals surface area contributed by atoms with Gasteiger partial charge in [-0.3, -0.25) is 0 Å². The molecule has 0 saturated carbocycles. The largest absolute Gasteiger partial charge is 0.478 e. The molecular formula is C21H30N4O10S. The number of nitrogens with zero attached hydrogens (tertiary/aromatic N) is 3. The Morgan fingerprint density at radius 1 is 1.03 bits per heavy atom.